The van der Waals surface area contributed by atoms with Crippen LogP contribution in [0.5, 0.6) is 0 Å². The lowest BCUT2D eigenvalue weighted by Gasteiger charge is -2.34. The minimum absolute atomic E-state index is 0.497. The quantitative estimate of drug-likeness (QED) is 0.158. The molecule has 3 heteroatoms. The minimum atomic E-state index is -0.497. The molecule has 1 aromatic heterocycles. The molecule has 0 saturated heterocycles. The molecule has 0 aliphatic heterocycles. The average molecular weight is 776 g/mol. The van der Waals surface area contributed by atoms with Crippen LogP contribution in [0.25, 0.3) is 88.7 Å². The van der Waals surface area contributed by atoms with Crippen LogP contribution >= 0.6 is 0 Å². The van der Waals surface area contributed by atoms with Crippen LogP contribution in [0.3, 0.4) is 0 Å². The maximum atomic E-state index is 5.18. The highest BCUT2D eigenvalue weighted by atomic mass is 15.0. The maximum absolute atomic E-state index is 5.18. The summed E-state index contributed by atoms with van der Waals surface area (Å²) in [5, 5.41) is 7.13. The van der Waals surface area contributed by atoms with E-state index >= 15 is 0 Å². The lowest BCUT2D eigenvalue weighted by Crippen LogP contribution is -2.28. The highest BCUT2D eigenvalue weighted by Gasteiger charge is 2.46. The van der Waals surface area contributed by atoms with Crippen LogP contribution in [0.1, 0.15) is 22.3 Å². The van der Waals surface area contributed by atoms with Gasteiger partial charge in [-0.1, -0.05) is 218 Å². The first-order valence-corrected chi connectivity index (χ1v) is 20.9. The first-order valence-electron chi connectivity index (χ1n) is 20.9. The van der Waals surface area contributed by atoms with Crippen molar-refractivity contribution in [2.24, 2.45) is 0 Å². The Morgan fingerprint density at radius 1 is 0.279 bits per heavy atom. The summed E-state index contributed by atoms with van der Waals surface area (Å²) >= 11 is 0. The van der Waals surface area contributed by atoms with Crippen molar-refractivity contribution in [3.8, 4) is 56.4 Å². The number of rotatable bonds is 6. The zero-order valence-corrected chi connectivity index (χ0v) is 33.2. The smallest absolute Gasteiger partial charge is 0.164 e. The van der Waals surface area contributed by atoms with E-state index in [2.05, 4.69) is 188 Å². The van der Waals surface area contributed by atoms with E-state index < -0.39 is 5.41 Å². The molecule has 0 N–H and O–H groups in total. The zero-order chi connectivity index (χ0) is 40.3. The van der Waals surface area contributed by atoms with Gasteiger partial charge in [0.25, 0.3) is 0 Å². The van der Waals surface area contributed by atoms with Crippen LogP contribution in [0, 0.1) is 0 Å². The van der Waals surface area contributed by atoms with E-state index in [9.17, 15) is 0 Å². The van der Waals surface area contributed by atoms with Gasteiger partial charge in [0, 0.05) is 16.7 Å². The van der Waals surface area contributed by atoms with Crippen molar-refractivity contribution in [1.29, 1.82) is 0 Å². The van der Waals surface area contributed by atoms with Crippen molar-refractivity contribution >= 4 is 32.3 Å². The van der Waals surface area contributed by atoms with Gasteiger partial charge in [-0.3, -0.25) is 0 Å². The van der Waals surface area contributed by atoms with Crippen molar-refractivity contribution in [2.75, 3.05) is 0 Å². The first-order chi connectivity index (χ1) is 30.3. The van der Waals surface area contributed by atoms with Crippen molar-refractivity contribution in [3.05, 3.63) is 247 Å². The second-order valence-electron chi connectivity index (χ2n) is 15.9. The van der Waals surface area contributed by atoms with E-state index in [1.165, 1.54) is 49.5 Å². The zero-order valence-electron chi connectivity index (χ0n) is 33.2. The Labute approximate surface area is 354 Å². The fourth-order valence-corrected chi connectivity index (χ4v) is 9.92. The molecule has 1 aliphatic carbocycles. The number of nitrogens with zero attached hydrogens (tertiary/aromatic N) is 3. The second kappa shape index (κ2) is 14.1. The Hall–Kier alpha value is -8.01. The van der Waals surface area contributed by atoms with Gasteiger partial charge >= 0.3 is 0 Å². The molecule has 1 unspecified atom stereocenters. The largest absolute Gasteiger partial charge is 0.208 e. The Morgan fingerprint density at radius 3 is 1.52 bits per heavy atom. The molecule has 0 spiro atoms. The second-order valence-corrected chi connectivity index (χ2v) is 15.9. The molecular formula is C58H37N3. The molecule has 11 aromatic rings. The summed E-state index contributed by atoms with van der Waals surface area (Å²) in [4.78, 5) is 15.4. The molecule has 61 heavy (non-hydrogen) atoms. The fourth-order valence-electron chi connectivity index (χ4n) is 9.92. The third kappa shape index (κ3) is 5.48. The summed E-state index contributed by atoms with van der Waals surface area (Å²) in [5.41, 5.74) is 12.4. The van der Waals surface area contributed by atoms with Crippen molar-refractivity contribution in [2.45, 2.75) is 5.41 Å². The summed E-state index contributed by atoms with van der Waals surface area (Å²) < 4.78 is 0. The van der Waals surface area contributed by atoms with Gasteiger partial charge < -0.3 is 0 Å². The minimum Gasteiger partial charge on any atom is -0.208 e. The van der Waals surface area contributed by atoms with E-state index in [1.54, 1.807) is 0 Å². The van der Waals surface area contributed by atoms with Gasteiger partial charge in [-0.05, 0) is 82.9 Å². The summed E-state index contributed by atoms with van der Waals surface area (Å²) in [6, 6.07) is 80.8. The van der Waals surface area contributed by atoms with E-state index in [0.717, 1.165) is 44.0 Å². The van der Waals surface area contributed by atoms with Crippen LogP contribution in [-0.2, 0) is 5.41 Å². The Balaban J connectivity index is 1.06. The molecule has 0 saturated carbocycles. The van der Waals surface area contributed by atoms with Gasteiger partial charge in [0.05, 0.1) is 5.41 Å². The summed E-state index contributed by atoms with van der Waals surface area (Å²) in [7, 11) is 0. The van der Waals surface area contributed by atoms with E-state index in [0.29, 0.717) is 17.5 Å². The van der Waals surface area contributed by atoms with Gasteiger partial charge in [-0.25, -0.2) is 15.0 Å². The van der Waals surface area contributed by atoms with Crippen molar-refractivity contribution in [3.63, 3.8) is 0 Å². The third-order valence-corrected chi connectivity index (χ3v) is 12.6. The number of benzene rings is 10. The predicted molar refractivity (Wildman–Crippen MR) is 251 cm³/mol. The summed E-state index contributed by atoms with van der Waals surface area (Å²) in [6.45, 7) is 0. The van der Waals surface area contributed by atoms with Gasteiger partial charge in [-0.2, -0.15) is 0 Å². The lowest BCUT2D eigenvalue weighted by molar-refractivity contribution is 0.769. The van der Waals surface area contributed by atoms with E-state index in [1.807, 2.05) is 36.4 Å². The summed E-state index contributed by atoms with van der Waals surface area (Å²) in [6.07, 6.45) is 0. The molecule has 1 aliphatic rings. The highest BCUT2D eigenvalue weighted by Crippen LogP contribution is 2.58. The fraction of sp³-hybridized carbons (Fsp3) is 0.0172. The lowest BCUT2D eigenvalue weighted by atomic mass is 9.67. The van der Waals surface area contributed by atoms with Crippen LogP contribution in [0.15, 0.2) is 224 Å². The number of fused-ring (bicyclic) bond motifs is 8. The van der Waals surface area contributed by atoms with E-state index in [4.69, 9.17) is 15.0 Å². The third-order valence-electron chi connectivity index (χ3n) is 12.6. The molecule has 12 rings (SSSR count). The monoisotopic (exact) mass is 775 g/mol. The van der Waals surface area contributed by atoms with Gasteiger partial charge in [-0.15, -0.1) is 0 Å². The number of aromatic nitrogens is 3. The average Bonchev–Trinajstić information content (AvgIpc) is 3.66. The van der Waals surface area contributed by atoms with Crippen LogP contribution < -0.4 is 0 Å². The Morgan fingerprint density at radius 2 is 0.803 bits per heavy atom. The predicted octanol–water partition coefficient (Wildman–Crippen LogP) is 14.4. The topological polar surface area (TPSA) is 38.7 Å². The van der Waals surface area contributed by atoms with Crippen molar-refractivity contribution < 1.29 is 0 Å². The summed E-state index contributed by atoms with van der Waals surface area (Å²) in [5.74, 6) is 1.94. The first kappa shape index (κ1) is 35.0. The van der Waals surface area contributed by atoms with Gasteiger partial charge in [0.1, 0.15) is 0 Å². The Kier molecular flexibility index (Phi) is 8.07. The maximum Gasteiger partial charge on any atom is 0.164 e. The number of hydrogen-bond acceptors (Lipinski definition) is 3. The molecule has 0 radical (unpaired) electrons. The molecule has 1 heterocycles. The Bertz CT molecular complexity index is 3400. The molecular weight excluding hydrogens is 739 g/mol. The van der Waals surface area contributed by atoms with Crippen LogP contribution in [-0.4, -0.2) is 15.0 Å². The SMILES string of the molecule is c1ccc(-c2nc(-c3ccccc3)nc(-c3cc4c(-c5ccc(C6(c7ccccc7)c7ccccc7-c7c6ccc6ccccc76)cc5)cccc4c4ccccc34)n2)cc1. The van der Waals surface area contributed by atoms with Gasteiger partial charge in [0.2, 0.25) is 0 Å². The molecule has 1 atom stereocenters. The van der Waals surface area contributed by atoms with Gasteiger partial charge in [0.15, 0.2) is 17.5 Å². The van der Waals surface area contributed by atoms with Crippen molar-refractivity contribution in [1.82, 2.24) is 15.0 Å². The molecule has 0 bridgehead atoms. The highest BCUT2D eigenvalue weighted by molar-refractivity contribution is 6.17. The molecule has 284 valence electrons. The molecule has 0 amide bonds. The number of hydrogen-bond donors (Lipinski definition) is 0. The normalized spacial score (nSPS) is 14.3. The van der Waals surface area contributed by atoms with E-state index in [-0.39, 0.29) is 0 Å². The molecule has 10 aromatic carbocycles. The molecule has 3 nitrogen and oxygen atoms in total. The van der Waals surface area contributed by atoms with Crippen LogP contribution in [0.2, 0.25) is 0 Å². The molecule has 0 fully saturated rings. The standard InChI is InChI=1S/C58H37N3/c1-4-18-40(19-5-1)55-59-56(41-20-6-2-7-21-41)61-57(60-55)51-37-50-44(28-16-29-47(50)46-25-12-13-26-48(46)51)39-31-34-43(35-32-39)58(42-22-8-3-9-23-42)52-30-15-14-27-49(52)54-45-24-11-10-17-38(45)33-36-53(54)58/h1-37H. The van der Waals surface area contributed by atoms with Crippen LogP contribution in [0.4, 0.5) is 0 Å².